The highest BCUT2D eigenvalue weighted by Gasteiger charge is 2.53. The van der Waals surface area contributed by atoms with Gasteiger partial charge in [0.1, 0.15) is 5.41 Å². The monoisotopic (exact) mass is 266 g/mol. The Morgan fingerprint density at radius 1 is 1.26 bits per heavy atom. The van der Waals surface area contributed by atoms with E-state index in [0.717, 1.165) is 19.3 Å². The number of hydrogen-bond acceptors (Lipinski definition) is 3. The van der Waals surface area contributed by atoms with E-state index in [1.807, 2.05) is 20.8 Å². The molecule has 5 heteroatoms. The van der Waals surface area contributed by atoms with Gasteiger partial charge in [-0.3, -0.25) is 19.8 Å². The summed E-state index contributed by atoms with van der Waals surface area (Å²) in [7, 11) is 0. The molecule has 1 saturated heterocycles. The van der Waals surface area contributed by atoms with Gasteiger partial charge in [-0.1, -0.05) is 20.3 Å². The number of nitrogens with one attached hydrogen (secondary N) is 1. The topological polar surface area (TPSA) is 66.5 Å². The van der Waals surface area contributed by atoms with Crippen LogP contribution in [0.1, 0.15) is 52.9 Å². The van der Waals surface area contributed by atoms with Crippen molar-refractivity contribution in [1.29, 1.82) is 0 Å². The Balaban J connectivity index is 2.29. The van der Waals surface area contributed by atoms with Crippen LogP contribution < -0.4 is 5.32 Å². The number of hydrogen-bond donors (Lipinski definition) is 1. The molecule has 2 aliphatic rings. The van der Waals surface area contributed by atoms with Gasteiger partial charge in [0.2, 0.25) is 11.8 Å². The van der Waals surface area contributed by atoms with Gasteiger partial charge in [0.25, 0.3) is 0 Å². The van der Waals surface area contributed by atoms with Crippen LogP contribution in [0.3, 0.4) is 0 Å². The number of imide groups is 2. The first kappa shape index (κ1) is 14.0. The molecule has 1 unspecified atom stereocenters. The lowest BCUT2D eigenvalue weighted by molar-refractivity contribution is -0.154. The minimum absolute atomic E-state index is 0.119. The summed E-state index contributed by atoms with van der Waals surface area (Å²) < 4.78 is 0. The fourth-order valence-corrected chi connectivity index (χ4v) is 3.07. The zero-order valence-corrected chi connectivity index (χ0v) is 11.9. The highest BCUT2D eigenvalue weighted by atomic mass is 16.2. The van der Waals surface area contributed by atoms with Gasteiger partial charge < -0.3 is 0 Å². The molecule has 1 atom stereocenters. The van der Waals surface area contributed by atoms with E-state index in [4.69, 9.17) is 0 Å². The molecule has 0 aromatic heterocycles. The zero-order chi connectivity index (χ0) is 14.2. The van der Waals surface area contributed by atoms with Gasteiger partial charge in [-0.15, -0.1) is 0 Å². The molecule has 1 saturated carbocycles. The second-order valence-electron chi connectivity index (χ2n) is 5.66. The number of amides is 4. The molecule has 2 rings (SSSR count). The minimum Gasteiger partial charge on any atom is -0.277 e. The van der Waals surface area contributed by atoms with Crippen molar-refractivity contribution in [2.75, 3.05) is 0 Å². The summed E-state index contributed by atoms with van der Waals surface area (Å²) in [5.74, 6) is -0.371. The molecular weight excluding hydrogens is 244 g/mol. The maximum absolute atomic E-state index is 12.7. The third-order valence-electron chi connectivity index (χ3n) is 4.95. The zero-order valence-electron chi connectivity index (χ0n) is 11.9. The van der Waals surface area contributed by atoms with Crippen LogP contribution in [0.4, 0.5) is 4.79 Å². The molecular formula is C14H22N2O3. The SMILES string of the molecule is CCC1(CC)C(=O)NC(=O)N(C(C)C2CCC2)C1=O. The second kappa shape index (κ2) is 4.94. The van der Waals surface area contributed by atoms with E-state index in [9.17, 15) is 14.4 Å². The molecule has 0 spiro atoms. The summed E-state index contributed by atoms with van der Waals surface area (Å²) in [5, 5.41) is 2.36. The summed E-state index contributed by atoms with van der Waals surface area (Å²) in [5.41, 5.74) is -1.06. The van der Waals surface area contributed by atoms with Gasteiger partial charge in [-0.05, 0) is 38.5 Å². The Labute approximate surface area is 113 Å². The average molecular weight is 266 g/mol. The maximum Gasteiger partial charge on any atom is 0.331 e. The fraction of sp³-hybridized carbons (Fsp3) is 0.786. The maximum atomic E-state index is 12.7. The first-order valence-electron chi connectivity index (χ1n) is 7.17. The van der Waals surface area contributed by atoms with E-state index in [0.29, 0.717) is 18.8 Å². The number of nitrogens with zero attached hydrogens (tertiary/aromatic N) is 1. The summed E-state index contributed by atoms with van der Waals surface area (Å²) in [4.78, 5) is 38.0. The van der Waals surface area contributed by atoms with Gasteiger partial charge in [-0.25, -0.2) is 4.79 Å². The van der Waals surface area contributed by atoms with Crippen molar-refractivity contribution in [1.82, 2.24) is 10.2 Å². The van der Waals surface area contributed by atoms with Crippen LogP contribution >= 0.6 is 0 Å². The summed E-state index contributed by atoms with van der Waals surface area (Å²) in [6.45, 7) is 5.55. The van der Waals surface area contributed by atoms with Crippen molar-refractivity contribution in [2.45, 2.75) is 58.9 Å². The lowest BCUT2D eigenvalue weighted by Crippen LogP contribution is -2.66. The molecule has 1 heterocycles. The Hall–Kier alpha value is -1.39. The van der Waals surface area contributed by atoms with E-state index in [1.54, 1.807) is 0 Å². The highest BCUT2D eigenvalue weighted by molar-refractivity contribution is 6.19. The number of rotatable bonds is 4. The van der Waals surface area contributed by atoms with Gasteiger partial charge in [0.05, 0.1) is 0 Å². The van der Waals surface area contributed by atoms with Crippen molar-refractivity contribution in [3.63, 3.8) is 0 Å². The van der Waals surface area contributed by atoms with Gasteiger partial charge >= 0.3 is 6.03 Å². The molecule has 5 nitrogen and oxygen atoms in total. The average Bonchev–Trinajstić information content (AvgIpc) is 2.27. The molecule has 0 aromatic carbocycles. The Bertz CT molecular complexity index is 411. The lowest BCUT2D eigenvalue weighted by atomic mass is 9.75. The first-order chi connectivity index (χ1) is 8.97. The van der Waals surface area contributed by atoms with Gasteiger partial charge in [0.15, 0.2) is 0 Å². The van der Waals surface area contributed by atoms with E-state index in [1.165, 1.54) is 4.90 Å². The molecule has 4 amide bonds. The van der Waals surface area contributed by atoms with Gasteiger partial charge in [-0.2, -0.15) is 0 Å². The van der Waals surface area contributed by atoms with Crippen molar-refractivity contribution in [3.05, 3.63) is 0 Å². The molecule has 0 aromatic rings. The van der Waals surface area contributed by atoms with E-state index in [2.05, 4.69) is 5.32 Å². The number of carbonyl (C=O) groups excluding carboxylic acids is 3. The van der Waals surface area contributed by atoms with Crippen molar-refractivity contribution in [3.8, 4) is 0 Å². The quantitative estimate of drug-likeness (QED) is 0.792. The highest BCUT2D eigenvalue weighted by Crippen LogP contribution is 2.37. The fourth-order valence-electron chi connectivity index (χ4n) is 3.07. The smallest absolute Gasteiger partial charge is 0.277 e. The van der Waals surface area contributed by atoms with Crippen LogP contribution in [0.15, 0.2) is 0 Å². The molecule has 0 radical (unpaired) electrons. The van der Waals surface area contributed by atoms with Crippen molar-refractivity contribution in [2.24, 2.45) is 11.3 Å². The minimum atomic E-state index is -1.06. The number of barbiturate groups is 1. The summed E-state index contributed by atoms with van der Waals surface area (Å²) in [6, 6.07) is -0.668. The largest absolute Gasteiger partial charge is 0.331 e. The molecule has 1 aliphatic heterocycles. The molecule has 0 bridgehead atoms. The third kappa shape index (κ3) is 1.95. The van der Waals surface area contributed by atoms with E-state index >= 15 is 0 Å². The van der Waals surface area contributed by atoms with Crippen LogP contribution in [-0.2, 0) is 9.59 Å². The van der Waals surface area contributed by atoms with Crippen LogP contribution in [0.25, 0.3) is 0 Å². The van der Waals surface area contributed by atoms with E-state index in [-0.39, 0.29) is 11.9 Å². The predicted octanol–water partition coefficient (Wildman–Crippen LogP) is 2.06. The Kier molecular flexibility index (Phi) is 3.65. The molecule has 106 valence electrons. The molecule has 1 aliphatic carbocycles. The van der Waals surface area contributed by atoms with Crippen molar-refractivity contribution < 1.29 is 14.4 Å². The first-order valence-corrected chi connectivity index (χ1v) is 7.17. The lowest BCUT2D eigenvalue weighted by Gasteiger charge is -2.44. The van der Waals surface area contributed by atoms with Crippen LogP contribution in [0.5, 0.6) is 0 Å². The molecule has 1 N–H and O–H groups in total. The number of urea groups is 1. The molecule has 2 fully saturated rings. The van der Waals surface area contributed by atoms with Crippen LogP contribution in [0, 0.1) is 11.3 Å². The van der Waals surface area contributed by atoms with E-state index < -0.39 is 17.4 Å². The normalized spacial score (nSPS) is 25.0. The van der Waals surface area contributed by atoms with Gasteiger partial charge in [0, 0.05) is 6.04 Å². The standard InChI is InChI=1S/C14H22N2O3/c1-4-14(5-2)11(17)15-13(19)16(12(14)18)9(3)10-7-6-8-10/h9-10H,4-8H2,1-3H3,(H,15,17,19). The van der Waals surface area contributed by atoms with Crippen molar-refractivity contribution >= 4 is 17.8 Å². The Morgan fingerprint density at radius 3 is 2.26 bits per heavy atom. The third-order valence-corrected chi connectivity index (χ3v) is 4.95. The van der Waals surface area contributed by atoms with Crippen LogP contribution in [-0.4, -0.2) is 28.8 Å². The second-order valence-corrected chi connectivity index (χ2v) is 5.66. The Morgan fingerprint density at radius 2 is 1.84 bits per heavy atom. The number of carbonyl (C=O) groups is 3. The van der Waals surface area contributed by atoms with Crippen LogP contribution in [0.2, 0.25) is 0 Å². The summed E-state index contributed by atoms with van der Waals surface area (Å²) >= 11 is 0. The molecule has 19 heavy (non-hydrogen) atoms. The predicted molar refractivity (Wildman–Crippen MR) is 70.2 cm³/mol. The summed E-state index contributed by atoms with van der Waals surface area (Å²) in [6.07, 6.45) is 4.11.